The molecule has 9 nitrogen and oxygen atoms in total. The van der Waals surface area contributed by atoms with Crippen molar-refractivity contribution in [1.29, 1.82) is 0 Å². The summed E-state index contributed by atoms with van der Waals surface area (Å²) in [6.07, 6.45) is 4.06. The molecule has 0 fully saturated rings. The quantitative estimate of drug-likeness (QED) is 0.211. The molecule has 0 amide bonds. The maximum atomic E-state index is 13.1. The van der Waals surface area contributed by atoms with E-state index in [1.54, 1.807) is 38.3 Å². The molecule has 1 aliphatic rings. The second kappa shape index (κ2) is 9.26. The van der Waals surface area contributed by atoms with Crippen LogP contribution < -0.4 is 18.9 Å². The predicted molar refractivity (Wildman–Crippen MR) is 131 cm³/mol. The summed E-state index contributed by atoms with van der Waals surface area (Å²) in [4.78, 5) is 25.5. The van der Waals surface area contributed by atoms with E-state index in [2.05, 4.69) is 5.16 Å². The van der Waals surface area contributed by atoms with E-state index < -0.39 is 5.97 Å². The normalized spacial score (nSPS) is 13.7. The van der Waals surface area contributed by atoms with Crippen LogP contribution in [-0.2, 0) is 18.3 Å². The molecule has 2 aromatic heterocycles. The molecule has 184 valence electrons. The number of ether oxygens (including phenoxy) is 4. The fourth-order valence-electron chi connectivity index (χ4n) is 4.24. The first-order valence-electron chi connectivity index (χ1n) is 11.3. The average Bonchev–Trinajstić information content (AvgIpc) is 3.54. The van der Waals surface area contributed by atoms with Gasteiger partial charge in [-0.15, -0.1) is 0 Å². The van der Waals surface area contributed by atoms with Gasteiger partial charge in [-0.2, -0.15) is 0 Å². The third-order valence-corrected chi connectivity index (χ3v) is 6.01. The highest BCUT2D eigenvalue weighted by Crippen LogP contribution is 2.38. The van der Waals surface area contributed by atoms with Crippen LogP contribution in [0.1, 0.15) is 33.7 Å². The molecular formula is C27H24N2O7. The molecule has 0 saturated heterocycles. The van der Waals surface area contributed by atoms with Crippen LogP contribution in [0.5, 0.6) is 23.1 Å². The van der Waals surface area contributed by atoms with Gasteiger partial charge in [0.25, 0.3) is 5.88 Å². The highest BCUT2D eigenvalue weighted by Gasteiger charge is 2.30. The Morgan fingerprint density at radius 1 is 1.11 bits per heavy atom. The summed E-state index contributed by atoms with van der Waals surface area (Å²) in [6.45, 7) is 1.78. The zero-order valence-electron chi connectivity index (χ0n) is 20.3. The van der Waals surface area contributed by atoms with Gasteiger partial charge in [-0.05, 0) is 48.0 Å². The Morgan fingerprint density at radius 2 is 1.94 bits per heavy atom. The van der Waals surface area contributed by atoms with Crippen LogP contribution in [0.4, 0.5) is 0 Å². The van der Waals surface area contributed by atoms with Gasteiger partial charge in [0, 0.05) is 48.3 Å². The minimum absolute atomic E-state index is 0.0873. The lowest BCUT2D eigenvalue weighted by Crippen LogP contribution is -2.09. The summed E-state index contributed by atoms with van der Waals surface area (Å²) < 4.78 is 28.8. The van der Waals surface area contributed by atoms with Crippen LogP contribution in [0.3, 0.4) is 0 Å². The van der Waals surface area contributed by atoms with E-state index in [1.165, 1.54) is 7.11 Å². The van der Waals surface area contributed by atoms with Crippen LogP contribution >= 0.6 is 0 Å². The maximum Gasteiger partial charge on any atom is 0.311 e. The number of rotatable bonds is 7. The summed E-state index contributed by atoms with van der Waals surface area (Å²) in [5.74, 6) is 1.77. The van der Waals surface area contributed by atoms with E-state index in [0.717, 1.165) is 22.2 Å². The number of hydrogen-bond acceptors (Lipinski definition) is 8. The Labute approximate surface area is 206 Å². The van der Waals surface area contributed by atoms with E-state index in [-0.39, 0.29) is 18.0 Å². The summed E-state index contributed by atoms with van der Waals surface area (Å²) in [7, 11) is 5.03. The molecule has 2 aromatic carbocycles. The molecular weight excluding hydrogens is 464 g/mol. The van der Waals surface area contributed by atoms with Crippen molar-refractivity contribution in [3.05, 3.63) is 70.8 Å². The first-order chi connectivity index (χ1) is 17.4. The molecule has 0 atom stereocenters. The van der Waals surface area contributed by atoms with Gasteiger partial charge >= 0.3 is 5.97 Å². The van der Waals surface area contributed by atoms with Gasteiger partial charge in [0.15, 0.2) is 5.76 Å². The van der Waals surface area contributed by atoms with Crippen LogP contribution in [0.15, 0.2) is 52.9 Å². The molecule has 0 unspecified atom stereocenters. The van der Waals surface area contributed by atoms with Crippen molar-refractivity contribution in [2.24, 2.45) is 7.05 Å². The third-order valence-electron chi connectivity index (χ3n) is 6.01. The first-order valence-corrected chi connectivity index (χ1v) is 11.3. The zero-order chi connectivity index (χ0) is 25.4. The number of Topliss-reactive ketones (excluding diaryl/α,β-unsaturated/α-hetero) is 1. The van der Waals surface area contributed by atoms with E-state index in [4.69, 9.17) is 23.5 Å². The van der Waals surface area contributed by atoms with Gasteiger partial charge in [-0.1, -0.05) is 0 Å². The smallest absolute Gasteiger partial charge is 0.311 e. The highest BCUT2D eigenvalue weighted by atomic mass is 16.5. The van der Waals surface area contributed by atoms with Crippen molar-refractivity contribution in [1.82, 2.24) is 9.72 Å². The number of benzene rings is 2. The van der Waals surface area contributed by atoms with Crippen LogP contribution in [-0.4, -0.2) is 35.7 Å². The molecule has 0 bridgehead atoms. The molecule has 36 heavy (non-hydrogen) atoms. The number of esters is 1. The molecule has 4 aromatic rings. The van der Waals surface area contributed by atoms with Gasteiger partial charge in [0.05, 0.1) is 26.2 Å². The fourth-order valence-corrected chi connectivity index (χ4v) is 4.24. The lowest BCUT2D eigenvalue weighted by atomic mass is 10.0. The van der Waals surface area contributed by atoms with Crippen molar-refractivity contribution < 1.29 is 33.1 Å². The van der Waals surface area contributed by atoms with E-state index >= 15 is 0 Å². The minimum Gasteiger partial charge on any atom is -0.497 e. The molecule has 0 N–H and O–H groups in total. The number of aryl methyl sites for hydroxylation is 3. The number of nitrogens with zero attached hydrogens (tertiary/aromatic N) is 2. The number of aromatic nitrogens is 2. The second-order valence-electron chi connectivity index (χ2n) is 8.44. The van der Waals surface area contributed by atoms with Crippen LogP contribution in [0, 0.1) is 6.92 Å². The number of fused-ring (bicyclic) bond motifs is 2. The van der Waals surface area contributed by atoms with Crippen molar-refractivity contribution in [2.45, 2.75) is 19.8 Å². The van der Waals surface area contributed by atoms with Gasteiger partial charge < -0.3 is 28.0 Å². The Kier molecular flexibility index (Phi) is 5.97. The minimum atomic E-state index is -0.450. The molecule has 9 heteroatoms. The fraction of sp³-hybridized carbons (Fsp3) is 0.222. The van der Waals surface area contributed by atoms with Gasteiger partial charge in [0.2, 0.25) is 5.78 Å². The van der Waals surface area contributed by atoms with Crippen molar-refractivity contribution >= 4 is 28.7 Å². The molecule has 0 saturated carbocycles. The number of hydrogen-bond donors (Lipinski definition) is 0. The third kappa shape index (κ3) is 4.31. The van der Waals surface area contributed by atoms with Crippen LogP contribution in [0.25, 0.3) is 17.0 Å². The van der Waals surface area contributed by atoms with Gasteiger partial charge in [-0.3, -0.25) is 9.59 Å². The predicted octanol–water partition coefficient (Wildman–Crippen LogP) is 4.65. The summed E-state index contributed by atoms with van der Waals surface area (Å²) in [5, 5.41) is 4.65. The van der Waals surface area contributed by atoms with E-state index in [9.17, 15) is 9.59 Å². The number of carbonyl (C=O) groups excluding carboxylic acids is 2. The second-order valence-corrected chi connectivity index (χ2v) is 8.44. The van der Waals surface area contributed by atoms with Gasteiger partial charge in [0.1, 0.15) is 23.0 Å². The lowest BCUT2D eigenvalue weighted by Gasteiger charge is -2.07. The Hall–Kier alpha value is -4.53. The first kappa shape index (κ1) is 23.2. The zero-order valence-corrected chi connectivity index (χ0v) is 20.3. The number of allylic oxidation sites excluding steroid dienone is 1. The Bertz CT molecular complexity index is 1530. The molecule has 0 radical (unpaired) electrons. The molecule has 5 rings (SSSR count). The topological polar surface area (TPSA) is 102 Å². The Morgan fingerprint density at radius 3 is 2.69 bits per heavy atom. The van der Waals surface area contributed by atoms with Crippen LogP contribution in [0.2, 0.25) is 0 Å². The number of ketones is 1. The number of carbonyl (C=O) groups is 2. The van der Waals surface area contributed by atoms with Gasteiger partial charge in [-0.25, -0.2) is 0 Å². The van der Waals surface area contributed by atoms with Crippen molar-refractivity contribution in [3.8, 4) is 23.1 Å². The number of methoxy groups -OCH3 is 2. The van der Waals surface area contributed by atoms with Crippen molar-refractivity contribution in [3.63, 3.8) is 0 Å². The Balaban J connectivity index is 1.35. The molecule has 0 spiro atoms. The lowest BCUT2D eigenvalue weighted by molar-refractivity contribution is -0.134. The summed E-state index contributed by atoms with van der Waals surface area (Å²) >= 11 is 0. The monoisotopic (exact) mass is 488 g/mol. The highest BCUT2D eigenvalue weighted by molar-refractivity contribution is 6.16. The average molecular weight is 488 g/mol. The van der Waals surface area contributed by atoms with Crippen molar-refractivity contribution in [2.75, 3.05) is 14.2 Å². The molecule has 0 aliphatic carbocycles. The summed E-state index contributed by atoms with van der Waals surface area (Å²) in [6, 6.07) is 10.6. The largest absolute Gasteiger partial charge is 0.497 e. The standard InChI is InChI=1S/C27H24N2O7/c1-15-9-19(34-25(30)8-6-18-13-24(33-4)28-36-18)12-22-26(15)27(31)23(35-22)10-16-14-29(2)21-7-5-17(32-3)11-20(16)21/h5,7,9-14H,6,8H2,1-4H3/b23-10-. The summed E-state index contributed by atoms with van der Waals surface area (Å²) in [5.41, 5.74) is 2.94. The molecule has 1 aliphatic heterocycles. The van der Waals surface area contributed by atoms with E-state index in [1.807, 2.05) is 36.0 Å². The van der Waals surface area contributed by atoms with E-state index in [0.29, 0.717) is 40.7 Å². The maximum absolute atomic E-state index is 13.1. The molecule has 3 heterocycles. The SMILES string of the molecule is COc1ccc2c(c1)c(/C=C1\Oc3cc(OC(=O)CCc4cc(OC)no4)cc(C)c3C1=O)cn2C.